The maximum atomic E-state index is 12.9. The van der Waals surface area contributed by atoms with Gasteiger partial charge in [0.25, 0.3) is 11.1 Å². The predicted octanol–water partition coefficient (Wildman–Crippen LogP) is 5.48. The molecule has 0 unspecified atom stereocenters. The highest BCUT2D eigenvalue weighted by Gasteiger charge is 2.36. The monoisotopic (exact) mass is 563 g/mol. The van der Waals surface area contributed by atoms with Crippen LogP contribution in [0, 0.1) is 11.3 Å². The first-order valence-electron chi connectivity index (χ1n) is 11.5. The number of thioether (sulfide) groups is 1. The number of ether oxygens (including phenoxy) is 3. The molecule has 1 aliphatic heterocycles. The van der Waals surface area contributed by atoms with E-state index in [0.717, 1.165) is 22.2 Å². The maximum Gasteiger partial charge on any atom is 0.294 e. The number of anilines is 1. The van der Waals surface area contributed by atoms with E-state index in [4.69, 9.17) is 25.8 Å². The van der Waals surface area contributed by atoms with Crippen LogP contribution >= 0.6 is 23.4 Å². The number of rotatable bonds is 9. The van der Waals surface area contributed by atoms with Gasteiger partial charge in [-0.15, -0.1) is 0 Å². The Morgan fingerprint density at radius 2 is 1.79 bits per heavy atom. The summed E-state index contributed by atoms with van der Waals surface area (Å²) >= 11 is 6.82. The highest BCUT2D eigenvalue weighted by atomic mass is 35.5. The van der Waals surface area contributed by atoms with Gasteiger partial charge in [-0.1, -0.05) is 35.9 Å². The van der Waals surface area contributed by atoms with Crippen LogP contribution in [-0.4, -0.2) is 42.7 Å². The number of benzene rings is 3. The van der Waals surface area contributed by atoms with Gasteiger partial charge in [-0.05, 0) is 59.8 Å². The van der Waals surface area contributed by atoms with Crippen LogP contribution in [0.5, 0.6) is 17.2 Å². The van der Waals surface area contributed by atoms with Crippen molar-refractivity contribution in [1.29, 1.82) is 5.26 Å². The van der Waals surface area contributed by atoms with Gasteiger partial charge in [0.2, 0.25) is 5.91 Å². The molecule has 0 aliphatic carbocycles. The van der Waals surface area contributed by atoms with E-state index in [1.165, 1.54) is 20.3 Å². The lowest BCUT2D eigenvalue weighted by Gasteiger charge is -2.13. The number of carbonyl (C=O) groups is 3. The first kappa shape index (κ1) is 27.6. The predicted molar refractivity (Wildman–Crippen MR) is 148 cm³/mol. The van der Waals surface area contributed by atoms with Crippen LogP contribution in [0.15, 0.2) is 65.6 Å². The Hall–Kier alpha value is -4.46. The van der Waals surface area contributed by atoms with Crippen LogP contribution in [0.4, 0.5) is 10.5 Å². The largest absolute Gasteiger partial charge is 0.495 e. The first-order chi connectivity index (χ1) is 18.8. The Labute approximate surface area is 233 Å². The van der Waals surface area contributed by atoms with E-state index in [9.17, 15) is 19.6 Å². The van der Waals surface area contributed by atoms with Crippen LogP contribution in [0.2, 0.25) is 5.02 Å². The first-order valence-corrected chi connectivity index (χ1v) is 12.7. The Morgan fingerprint density at radius 1 is 1.05 bits per heavy atom. The average Bonchev–Trinajstić information content (AvgIpc) is 3.19. The summed E-state index contributed by atoms with van der Waals surface area (Å²) in [7, 11) is 2.96. The number of imide groups is 1. The molecule has 0 radical (unpaired) electrons. The summed E-state index contributed by atoms with van der Waals surface area (Å²) < 4.78 is 16.4. The fourth-order valence-corrected chi connectivity index (χ4v) is 4.78. The molecular formula is C28H22ClN3O6S. The SMILES string of the molecule is COc1ccc(NC(=O)CN2C(=O)S/C(=C\c3ccc(OCc4ccccc4C#N)c(OC)c3)C2=O)cc1Cl. The summed E-state index contributed by atoms with van der Waals surface area (Å²) in [4.78, 5) is 39.0. The summed E-state index contributed by atoms with van der Waals surface area (Å²) in [5.74, 6) is 0.174. The number of amides is 3. The molecule has 0 aromatic heterocycles. The molecule has 0 bridgehead atoms. The van der Waals surface area contributed by atoms with Crippen LogP contribution < -0.4 is 19.5 Å². The van der Waals surface area contributed by atoms with Crippen LogP contribution in [0.25, 0.3) is 6.08 Å². The lowest BCUT2D eigenvalue weighted by Crippen LogP contribution is -2.36. The number of carbonyl (C=O) groups excluding carboxylic acids is 3. The standard InChI is InChI=1S/C28H22ClN3O6S/c1-36-22-10-8-20(13-21(22)29)31-26(33)15-32-27(34)25(39-28(32)35)12-17-7-9-23(24(11-17)37-2)38-16-19-6-4-3-5-18(19)14-30/h3-13H,15-16H2,1-2H3,(H,31,33)/b25-12-. The Balaban J connectivity index is 1.43. The van der Waals surface area contributed by atoms with Crippen LogP contribution in [-0.2, 0) is 16.2 Å². The van der Waals surface area contributed by atoms with Crippen molar-refractivity contribution < 1.29 is 28.6 Å². The van der Waals surface area contributed by atoms with E-state index < -0.39 is 23.6 Å². The Kier molecular flexibility index (Phi) is 8.76. The molecule has 3 aromatic carbocycles. The lowest BCUT2D eigenvalue weighted by molar-refractivity contribution is -0.127. The van der Waals surface area contributed by atoms with Gasteiger partial charge < -0.3 is 19.5 Å². The second-order valence-electron chi connectivity index (χ2n) is 8.13. The van der Waals surface area contributed by atoms with Crippen molar-refractivity contribution in [3.8, 4) is 23.3 Å². The number of nitrogens with zero attached hydrogens (tertiary/aromatic N) is 2. The van der Waals surface area contributed by atoms with Crippen molar-refractivity contribution in [3.05, 3.63) is 87.3 Å². The minimum absolute atomic E-state index is 0.166. The van der Waals surface area contributed by atoms with Gasteiger partial charge in [0.15, 0.2) is 11.5 Å². The van der Waals surface area contributed by atoms with Crippen molar-refractivity contribution >= 4 is 52.2 Å². The van der Waals surface area contributed by atoms with Crippen molar-refractivity contribution in [3.63, 3.8) is 0 Å². The second kappa shape index (κ2) is 12.4. The number of nitrogens with one attached hydrogen (secondary N) is 1. The maximum absolute atomic E-state index is 12.9. The third kappa shape index (κ3) is 6.52. The van der Waals surface area contributed by atoms with Crippen molar-refractivity contribution in [2.75, 3.05) is 26.1 Å². The Morgan fingerprint density at radius 3 is 2.51 bits per heavy atom. The topological polar surface area (TPSA) is 118 Å². The molecule has 3 aromatic rings. The minimum Gasteiger partial charge on any atom is -0.495 e. The molecule has 1 aliphatic rings. The van der Waals surface area contributed by atoms with E-state index in [0.29, 0.717) is 39.1 Å². The third-order valence-electron chi connectivity index (χ3n) is 5.62. The fraction of sp³-hybridized carbons (Fsp3) is 0.143. The average molecular weight is 564 g/mol. The van der Waals surface area contributed by atoms with E-state index in [-0.39, 0.29) is 11.5 Å². The van der Waals surface area contributed by atoms with E-state index in [1.807, 2.05) is 12.1 Å². The smallest absolute Gasteiger partial charge is 0.294 e. The molecule has 0 saturated carbocycles. The molecule has 9 nitrogen and oxygen atoms in total. The zero-order chi connectivity index (χ0) is 27.9. The molecule has 1 saturated heterocycles. The number of hydrogen-bond acceptors (Lipinski definition) is 8. The fourth-order valence-electron chi connectivity index (χ4n) is 3.68. The molecule has 1 N–H and O–H groups in total. The van der Waals surface area contributed by atoms with Gasteiger partial charge in [-0.3, -0.25) is 19.3 Å². The summed E-state index contributed by atoms with van der Waals surface area (Å²) in [6, 6.07) is 19.0. The Bertz CT molecular complexity index is 1520. The van der Waals surface area contributed by atoms with Crippen LogP contribution in [0.3, 0.4) is 0 Å². The highest BCUT2D eigenvalue weighted by molar-refractivity contribution is 8.18. The van der Waals surface area contributed by atoms with Crippen molar-refractivity contribution in [2.24, 2.45) is 0 Å². The molecule has 0 spiro atoms. The summed E-state index contributed by atoms with van der Waals surface area (Å²) in [6.07, 6.45) is 1.54. The van der Waals surface area contributed by atoms with Gasteiger partial charge in [-0.25, -0.2) is 0 Å². The molecule has 3 amide bonds. The number of nitriles is 1. The zero-order valence-electron chi connectivity index (χ0n) is 20.9. The van der Waals surface area contributed by atoms with Gasteiger partial charge in [0, 0.05) is 11.3 Å². The number of hydrogen-bond donors (Lipinski definition) is 1. The lowest BCUT2D eigenvalue weighted by atomic mass is 10.1. The number of methoxy groups -OCH3 is 2. The van der Waals surface area contributed by atoms with Crippen LogP contribution in [0.1, 0.15) is 16.7 Å². The number of halogens is 1. The molecule has 0 atom stereocenters. The third-order valence-corrected chi connectivity index (χ3v) is 6.82. The molecule has 39 heavy (non-hydrogen) atoms. The van der Waals surface area contributed by atoms with E-state index >= 15 is 0 Å². The summed E-state index contributed by atoms with van der Waals surface area (Å²) in [5, 5.41) is 11.6. The van der Waals surface area contributed by atoms with Gasteiger partial charge in [-0.2, -0.15) is 5.26 Å². The summed E-state index contributed by atoms with van der Waals surface area (Å²) in [5.41, 5.74) is 2.25. The normalized spacial score (nSPS) is 13.8. The molecule has 11 heteroatoms. The second-order valence-corrected chi connectivity index (χ2v) is 9.53. The molecule has 1 fully saturated rings. The molecule has 1 heterocycles. The van der Waals surface area contributed by atoms with Gasteiger partial charge in [0.05, 0.1) is 35.8 Å². The quantitative estimate of drug-likeness (QED) is 0.340. The van der Waals surface area contributed by atoms with E-state index in [1.54, 1.807) is 48.5 Å². The molecular weight excluding hydrogens is 542 g/mol. The van der Waals surface area contributed by atoms with Crippen molar-refractivity contribution in [2.45, 2.75) is 6.61 Å². The minimum atomic E-state index is -0.583. The summed E-state index contributed by atoms with van der Waals surface area (Å²) in [6.45, 7) is -0.283. The highest BCUT2D eigenvalue weighted by Crippen LogP contribution is 2.35. The molecule has 198 valence electrons. The van der Waals surface area contributed by atoms with E-state index in [2.05, 4.69) is 11.4 Å². The van der Waals surface area contributed by atoms with Gasteiger partial charge in [0.1, 0.15) is 18.9 Å². The zero-order valence-corrected chi connectivity index (χ0v) is 22.5. The molecule has 4 rings (SSSR count). The van der Waals surface area contributed by atoms with Gasteiger partial charge >= 0.3 is 0 Å². The van der Waals surface area contributed by atoms with Crippen molar-refractivity contribution in [1.82, 2.24) is 4.90 Å².